The van der Waals surface area contributed by atoms with Crippen LogP contribution >= 0.6 is 23.2 Å². The van der Waals surface area contributed by atoms with E-state index >= 15 is 0 Å². The zero-order valence-electron chi connectivity index (χ0n) is 13.3. The maximum atomic E-state index is 12.4. The van der Waals surface area contributed by atoms with E-state index < -0.39 is 21.5 Å². The quantitative estimate of drug-likeness (QED) is 0.803. The first kappa shape index (κ1) is 19.8. The third-order valence-corrected chi connectivity index (χ3v) is 6.03. The summed E-state index contributed by atoms with van der Waals surface area (Å²) in [5, 5.41) is 2.65. The Hall–Kier alpha value is -1.26. The number of sulfonamides is 1. The molecule has 5 nitrogen and oxygen atoms in total. The Bertz CT molecular complexity index is 770. The number of terminal acetylenes is 1. The number of amides is 1. The van der Waals surface area contributed by atoms with Crippen molar-refractivity contribution in [3.05, 3.63) is 27.7 Å². The lowest BCUT2D eigenvalue weighted by Crippen LogP contribution is -2.44. The summed E-state index contributed by atoms with van der Waals surface area (Å²) in [6, 6.07) is 2.38. The number of benzene rings is 1. The molecule has 0 radical (unpaired) electrons. The van der Waals surface area contributed by atoms with E-state index in [0.717, 1.165) is 10.4 Å². The van der Waals surface area contributed by atoms with E-state index in [0.29, 0.717) is 6.42 Å². The fraction of sp³-hybridized carbons (Fsp3) is 0.400. The summed E-state index contributed by atoms with van der Waals surface area (Å²) in [6.45, 7) is 3.51. The van der Waals surface area contributed by atoms with Gasteiger partial charge in [0.05, 0.1) is 21.1 Å². The van der Waals surface area contributed by atoms with E-state index in [2.05, 4.69) is 11.2 Å². The highest BCUT2D eigenvalue weighted by atomic mass is 35.5. The van der Waals surface area contributed by atoms with Gasteiger partial charge in [-0.25, -0.2) is 12.7 Å². The van der Waals surface area contributed by atoms with Crippen molar-refractivity contribution in [2.45, 2.75) is 30.7 Å². The molecule has 1 aromatic rings. The minimum absolute atomic E-state index is 0.00795. The molecule has 0 saturated carbocycles. The van der Waals surface area contributed by atoms with Crippen molar-refractivity contribution in [3.63, 3.8) is 0 Å². The second kappa shape index (κ2) is 7.10. The lowest BCUT2D eigenvalue weighted by atomic mass is 9.99. The second-order valence-corrected chi connectivity index (χ2v) is 8.27. The first-order valence-corrected chi connectivity index (χ1v) is 8.90. The van der Waals surface area contributed by atoms with Crippen molar-refractivity contribution < 1.29 is 13.2 Å². The van der Waals surface area contributed by atoms with E-state index in [1.165, 1.54) is 20.2 Å². The molecular weight excluding hydrogens is 359 g/mol. The lowest BCUT2D eigenvalue weighted by molar-refractivity contribution is 0.0923. The highest BCUT2D eigenvalue weighted by molar-refractivity contribution is 7.89. The van der Waals surface area contributed by atoms with Gasteiger partial charge in [0.2, 0.25) is 10.0 Å². The molecule has 0 aliphatic carbocycles. The highest BCUT2D eigenvalue weighted by Gasteiger charge is 2.27. The molecule has 0 spiro atoms. The maximum absolute atomic E-state index is 12.4. The van der Waals surface area contributed by atoms with Crippen molar-refractivity contribution in [2.75, 3.05) is 14.1 Å². The Morgan fingerprint density at radius 1 is 1.35 bits per heavy atom. The molecule has 1 N–H and O–H groups in total. The minimum Gasteiger partial charge on any atom is -0.336 e. The van der Waals surface area contributed by atoms with Crippen LogP contribution in [0, 0.1) is 12.3 Å². The zero-order valence-corrected chi connectivity index (χ0v) is 15.6. The van der Waals surface area contributed by atoms with Crippen LogP contribution in [-0.4, -0.2) is 38.3 Å². The zero-order chi connectivity index (χ0) is 18.0. The summed E-state index contributed by atoms with van der Waals surface area (Å²) in [6.07, 6.45) is 5.93. The molecule has 0 heterocycles. The summed E-state index contributed by atoms with van der Waals surface area (Å²) in [5.41, 5.74) is -0.868. The Morgan fingerprint density at radius 2 is 1.91 bits per heavy atom. The molecule has 1 amide bonds. The Kier molecular flexibility index (Phi) is 6.11. The van der Waals surface area contributed by atoms with E-state index in [9.17, 15) is 13.2 Å². The average molecular weight is 377 g/mol. The van der Waals surface area contributed by atoms with Gasteiger partial charge in [-0.05, 0) is 25.5 Å². The van der Waals surface area contributed by atoms with Crippen molar-refractivity contribution in [1.82, 2.24) is 9.62 Å². The number of carbonyl (C=O) groups is 1. The van der Waals surface area contributed by atoms with Crippen molar-refractivity contribution in [3.8, 4) is 12.3 Å². The maximum Gasteiger partial charge on any atom is 0.254 e. The minimum atomic E-state index is -3.81. The Morgan fingerprint density at radius 3 is 2.35 bits per heavy atom. The van der Waals surface area contributed by atoms with Gasteiger partial charge >= 0.3 is 0 Å². The van der Waals surface area contributed by atoms with Crippen LogP contribution in [0.1, 0.15) is 30.6 Å². The molecule has 0 aliphatic rings. The van der Waals surface area contributed by atoms with Crippen LogP contribution in [0.2, 0.25) is 10.0 Å². The number of nitrogens with zero attached hydrogens (tertiary/aromatic N) is 1. The van der Waals surface area contributed by atoms with Crippen LogP contribution in [-0.2, 0) is 10.0 Å². The van der Waals surface area contributed by atoms with Crippen molar-refractivity contribution in [2.24, 2.45) is 0 Å². The molecule has 0 fully saturated rings. The number of hydrogen-bond acceptors (Lipinski definition) is 3. The SMILES string of the molecule is C#CC(C)(CC)NC(=O)c1cc(S(=O)(=O)N(C)C)c(Cl)cc1Cl. The molecule has 0 bridgehead atoms. The Labute approximate surface area is 147 Å². The molecule has 1 aromatic carbocycles. The van der Waals surface area contributed by atoms with Crippen molar-refractivity contribution in [1.29, 1.82) is 0 Å². The fourth-order valence-electron chi connectivity index (χ4n) is 1.64. The van der Waals surface area contributed by atoms with Crippen LogP contribution in [0.15, 0.2) is 17.0 Å². The molecule has 126 valence electrons. The lowest BCUT2D eigenvalue weighted by Gasteiger charge is -2.24. The number of nitrogens with one attached hydrogen (secondary N) is 1. The van der Waals surface area contributed by atoms with Gasteiger partial charge in [-0.2, -0.15) is 0 Å². The normalized spacial score (nSPS) is 14.2. The number of halogens is 2. The number of carbonyl (C=O) groups excluding carboxylic acids is 1. The van der Waals surface area contributed by atoms with E-state index in [4.69, 9.17) is 29.6 Å². The first-order valence-electron chi connectivity index (χ1n) is 6.70. The van der Waals surface area contributed by atoms with E-state index in [1.807, 2.05) is 6.92 Å². The first-order chi connectivity index (χ1) is 10.5. The van der Waals surface area contributed by atoms with E-state index in [-0.39, 0.29) is 20.5 Å². The molecule has 0 saturated heterocycles. The molecule has 1 atom stereocenters. The van der Waals surface area contributed by atoms with Crippen LogP contribution in [0.25, 0.3) is 0 Å². The van der Waals surface area contributed by atoms with Gasteiger partial charge in [0.25, 0.3) is 5.91 Å². The van der Waals surface area contributed by atoms with Gasteiger partial charge in [0.15, 0.2) is 0 Å². The second-order valence-electron chi connectivity index (χ2n) is 5.33. The molecular formula is C15H18Cl2N2O3S. The predicted molar refractivity (Wildman–Crippen MR) is 92.3 cm³/mol. The molecule has 1 unspecified atom stereocenters. The van der Waals surface area contributed by atoms with Crippen LogP contribution < -0.4 is 5.32 Å². The third-order valence-electron chi connectivity index (χ3n) is 3.44. The molecule has 1 rings (SSSR count). The van der Waals surface area contributed by atoms with Gasteiger partial charge in [-0.15, -0.1) is 6.42 Å². The van der Waals surface area contributed by atoms with Gasteiger partial charge in [-0.1, -0.05) is 36.0 Å². The number of rotatable bonds is 5. The third kappa shape index (κ3) is 4.18. The topological polar surface area (TPSA) is 66.5 Å². The van der Waals surface area contributed by atoms with Gasteiger partial charge in [-0.3, -0.25) is 4.79 Å². The molecule has 0 aliphatic heterocycles. The molecule has 23 heavy (non-hydrogen) atoms. The monoisotopic (exact) mass is 376 g/mol. The van der Waals surface area contributed by atoms with E-state index in [1.54, 1.807) is 6.92 Å². The van der Waals surface area contributed by atoms with Gasteiger partial charge in [0, 0.05) is 14.1 Å². The smallest absolute Gasteiger partial charge is 0.254 e. The largest absolute Gasteiger partial charge is 0.336 e. The summed E-state index contributed by atoms with van der Waals surface area (Å²) in [7, 11) is -1.08. The molecule has 0 aromatic heterocycles. The fourth-order valence-corrected chi connectivity index (χ4v) is 3.37. The number of hydrogen-bond donors (Lipinski definition) is 1. The van der Waals surface area contributed by atoms with Crippen molar-refractivity contribution >= 4 is 39.1 Å². The molecule has 8 heteroatoms. The van der Waals surface area contributed by atoms with Gasteiger partial charge in [0.1, 0.15) is 4.90 Å². The summed E-state index contributed by atoms with van der Waals surface area (Å²) in [5.74, 6) is 1.93. The van der Waals surface area contributed by atoms with Crippen LogP contribution in [0.4, 0.5) is 0 Å². The Balaban J connectivity index is 3.40. The van der Waals surface area contributed by atoms with Crippen LogP contribution in [0.3, 0.4) is 0 Å². The summed E-state index contributed by atoms with van der Waals surface area (Å²) in [4.78, 5) is 12.2. The predicted octanol–water partition coefficient (Wildman–Crippen LogP) is 2.78. The van der Waals surface area contributed by atoms with Crippen LogP contribution in [0.5, 0.6) is 0 Å². The summed E-state index contributed by atoms with van der Waals surface area (Å²) < 4.78 is 25.5. The standard InChI is InChI=1S/C15H18Cl2N2O3S/c1-6-15(3,7-2)18-14(20)10-8-13(12(17)9-11(10)16)23(21,22)19(4)5/h1,8-9H,7H2,2-5H3,(H,18,20). The van der Waals surface area contributed by atoms with Gasteiger partial charge < -0.3 is 5.32 Å². The highest BCUT2D eigenvalue weighted by Crippen LogP contribution is 2.30. The summed E-state index contributed by atoms with van der Waals surface area (Å²) >= 11 is 12.0. The average Bonchev–Trinajstić information content (AvgIpc) is 2.46.